The third kappa shape index (κ3) is 6.38. The van der Waals surface area contributed by atoms with Crippen LogP contribution < -0.4 is 0 Å². The van der Waals surface area contributed by atoms with E-state index in [2.05, 4.69) is 23.4 Å². The van der Waals surface area contributed by atoms with E-state index in [4.69, 9.17) is 14.3 Å². The van der Waals surface area contributed by atoms with Crippen molar-refractivity contribution in [2.24, 2.45) is 5.16 Å². The molecule has 5 rings (SSSR count). The Balaban J connectivity index is 1.33. The van der Waals surface area contributed by atoms with Crippen LogP contribution in [0, 0.1) is 0 Å². The summed E-state index contributed by atoms with van der Waals surface area (Å²) in [6, 6.07) is 20.2. The highest BCUT2D eigenvalue weighted by Crippen LogP contribution is 2.54. The topological polar surface area (TPSA) is 91.3 Å². The zero-order valence-corrected chi connectivity index (χ0v) is 25.2. The molecule has 7 heteroatoms. The van der Waals surface area contributed by atoms with Gasteiger partial charge in [0.25, 0.3) is 0 Å². The molecule has 2 aliphatic carbocycles. The monoisotopic (exact) mass is 581 g/mol. The van der Waals surface area contributed by atoms with Crippen LogP contribution in [0.25, 0.3) is 11.1 Å². The summed E-state index contributed by atoms with van der Waals surface area (Å²) in [5.41, 5.74) is 7.31. The fourth-order valence-electron chi connectivity index (χ4n) is 6.44. The van der Waals surface area contributed by atoms with E-state index in [0.29, 0.717) is 50.0 Å². The number of unbranched alkanes of at least 4 members (excludes halogenated alkanes) is 2. The number of rotatable bonds is 14. The van der Waals surface area contributed by atoms with E-state index in [1.165, 1.54) is 5.56 Å². The number of nitrogens with zero attached hydrogens (tertiary/aromatic N) is 1. The summed E-state index contributed by atoms with van der Waals surface area (Å²) in [5, 5.41) is 4.02. The van der Waals surface area contributed by atoms with Crippen LogP contribution in [0.3, 0.4) is 0 Å². The van der Waals surface area contributed by atoms with Crippen LogP contribution in [-0.4, -0.2) is 50.7 Å². The Morgan fingerprint density at radius 2 is 1.56 bits per heavy atom. The van der Waals surface area contributed by atoms with Gasteiger partial charge in [-0.3, -0.25) is 9.59 Å². The van der Waals surface area contributed by atoms with Crippen LogP contribution >= 0.6 is 0 Å². The van der Waals surface area contributed by atoms with Gasteiger partial charge in [-0.15, -0.1) is 0 Å². The molecule has 2 aliphatic rings. The minimum absolute atomic E-state index is 0.00592. The predicted molar refractivity (Wildman–Crippen MR) is 166 cm³/mol. The first-order valence-electron chi connectivity index (χ1n) is 15.0. The van der Waals surface area contributed by atoms with Crippen molar-refractivity contribution in [2.45, 2.75) is 63.7 Å². The number of ketones is 2. The van der Waals surface area contributed by atoms with Crippen molar-refractivity contribution < 1.29 is 28.7 Å². The van der Waals surface area contributed by atoms with Crippen molar-refractivity contribution in [3.05, 3.63) is 94.0 Å². The number of methoxy groups -OCH3 is 2. The summed E-state index contributed by atoms with van der Waals surface area (Å²) in [4.78, 5) is 43.4. The highest BCUT2D eigenvalue weighted by atomic mass is 16.7. The number of carbonyl (C=O) groups excluding carboxylic acids is 3. The lowest BCUT2D eigenvalue weighted by atomic mass is 9.72. The Hall–Kier alpha value is -3.94. The number of Topliss-reactive ketones (excluding diaryl/α,β-unsaturated/α-hetero) is 2. The van der Waals surface area contributed by atoms with Crippen LogP contribution in [0.1, 0.15) is 88.4 Å². The molecule has 0 spiro atoms. The summed E-state index contributed by atoms with van der Waals surface area (Å²) < 4.78 is 11.0. The van der Waals surface area contributed by atoms with Gasteiger partial charge in [0.15, 0.2) is 5.78 Å². The van der Waals surface area contributed by atoms with E-state index in [9.17, 15) is 14.4 Å². The fourth-order valence-corrected chi connectivity index (χ4v) is 6.44. The number of fused-ring (bicyclic) bond motifs is 4. The lowest BCUT2D eigenvalue weighted by Crippen LogP contribution is -2.29. The molecular weight excluding hydrogens is 542 g/mol. The smallest absolute Gasteiger partial charge is 0.335 e. The molecular formula is C36H39NO6. The van der Waals surface area contributed by atoms with Crippen LogP contribution in [0.4, 0.5) is 0 Å². The molecule has 0 atom stereocenters. The van der Waals surface area contributed by atoms with Gasteiger partial charge in [-0.2, -0.15) is 0 Å². The number of oxime groups is 1. The molecule has 0 N–H and O–H groups in total. The largest absolute Gasteiger partial charge is 0.385 e. The van der Waals surface area contributed by atoms with E-state index < -0.39 is 11.4 Å². The van der Waals surface area contributed by atoms with Gasteiger partial charge in [-0.1, -0.05) is 54.0 Å². The molecule has 0 unspecified atom stereocenters. The van der Waals surface area contributed by atoms with E-state index in [1.807, 2.05) is 42.5 Å². The quantitative estimate of drug-likeness (QED) is 0.0914. The molecule has 0 amide bonds. The molecule has 224 valence electrons. The first kappa shape index (κ1) is 30.5. The molecule has 0 aliphatic heterocycles. The molecule has 3 aromatic carbocycles. The van der Waals surface area contributed by atoms with Gasteiger partial charge in [-0.05, 0) is 90.6 Å². The molecule has 0 saturated carbocycles. The minimum Gasteiger partial charge on any atom is -0.385 e. The SMILES string of the molecule is COCCC1(CCOC)c2cc(C(C)=O)ccc2-c2cc3c(cc21)C(=O)/C(=N/OC(=O)CCCCCc1ccccc1)C3. The van der Waals surface area contributed by atoms with Gasteiger partial charge in [0.1, 0.15) is 5.71 Å². The Bertz CT molecular complexity index is 1530. The van der Waals surface area contributed by atoms with E-state index in [0.717, 1.165) is 47.1 Å². The molecule has 0 heterocycles. The standard InChI is InChI=1S/C36H39NO6/c1-24(38)26-14-15-28-30-20-27-22-33(37-43-34(39)13-9-5-8-12-25-10-6-4-7-11-25)35(40)29(27)23-32(30)36(16-18-41-2,17-19-42-3)31(28)21-26/h4,6-7,10-11,14-15,20-21,23H,5,8-9,12-13,16-19,22H2,1-3H3/b37-33+. The zero-order chi connectivity index (χ0) is 30.4. The normalized spacial score (nSPS) is 15.3. The summed E-state index contributed by atoms with van der Waals surface area (Å²) in [5.74, 6) is -0.639. The minimum atomic E-state index is -0.482. The second-order valence-electron chi connectivity index (χ2n) is 11.5. The van der Waals surface area contributed by atoms with Gasteiger partial charge in [0.05, 0.1) is 0 Å². The number of carbonyl (C=O) groups is 3. The molecule has 7 nitrogen and oxygen atoms in total. The molecule has 0 bridgehead atoms. The van der Waals surface area contributed by atoms with Crippen molar-refractivity contribution in [3.8, 4) is 11.1 Å². The molecule has 0 radical (unpaired) electrons. The van der Waals surface area contributed by atoms with Crippen molar-refractivity contribution in [2.75, 3.05) is 27.4 Å². The van der Waals surface area contributed by atoms with Crippen molar-refractivity contribution in [1.82, 2.24) is 0 Å². The Morgan fingerprint density at radius 3 is 2.26 bits per heavy atom. The predicted octanol–water partition coefficient (Wildman–Crippen LogP) is 6.67. The second-order valence-corrected chi connectivity index (χ2v) is 11.5. The van der Waals surface area contributed by atoms with Crippen LogP contribution in [0.2, 0.25) is 0 Å². The van der Waals surface area contributed by atoms with Crippen molar-refractivity contribution >= 4 is 23.2 Å². The number of benzene rings is 3. The lowest BCUT2D eigenvalue weighted by Gasteiger charge is -2.32. The summed E-state index contributed by atoms with van der Waals surface area (Å²) in [6.45, 7) is 2.59. The highest BCUT2D eigenvalue weighted by Gasteiger charge is 2.45. The maximum Gasteiger partial charge on any atom is 0.335 e. The average molecular weight is 582 g/mol. The average Bonchev–Trinajstić information content (AvgIpc) is 3.47. The van der Waals surface area contributed by atoms with E-state index >= 15 is 0 Å². The molecule has 3 aromatic rings. The maximum absolute atomic E-state index is 13.5. The van der Waals surface area contributed by atoms with Crippen LogP contribution in [0.5, 0.6) is 0 Å². The van der Waals surface area contributed by atoms with Crippen molar-refractivity contribution in [1.29, 1.82) is 0 Å². The maximum atomic E-state index is 13.5. The summed E-state index contributed by atoms with van der Waals surface area (Å²) in [7, 11) is 3.35. The molecule has 0 fully saturated rings. The third-order valence-corrected chi connectivity index (χ3v) is 8.77. The Morgan fingerprint density at radius 1 is 0.837 bits per heavy atom. The first-order chi connectivity index (χ1) is 20.9. The summed E-state index contributed by atoms with van der Waals surface area (Å²) in [6.07, 6.45) is 5.52. The zero-order valence-electron chi connectivity index (χ0n) is 25.2. The Labute approximate surface area is 253 Å². The highest BCUT2D eigenvalue weighted by molar-refractivity contribution is 6.49. The van der Waals surface area contributed by atoms with Gasteiger partial charge < -0.3 is 14.3 Å². The summed E-state index contributed by atoms with van der Waals surface area (Å²) >= 11 is 0. The van der Waals surface area contributed by atoms with E-state index in [1.54, 1.807) is 21.1 Å². The van der Waals surface area contributed by atoms with Crippen molar-refractivity contribution in [3.63, 3.8) is 0 Å². The second kappa shape index (κ2) is 13.6. The van der Waals surface area contributed by atoms with E-state index in [-0.39, 0.29) is 23.7 Å². The molecule has 0 saturated heterocycles. The van der Waals surface area contributed by atoms with Gasteiger partial charge in [-0.25, -0.2) is 4.79 Å². The van der Waals surface area contributed by atoms with Gasteiger partial charge in [0, 0.05) is 56.8 Å². The molecule has 0 aromatic heterocycles. The first-order valence-corrected chi connectivity index (χ1v) is 15.0. The van der Waals surface area contributed by atoms with Gasteiger partial charge in [0.2, 0.25) is 5.78 Å². The van der Waals surface area contributed by atoms with Gasteiger partial charge >= 0.3 is 5.97 Å². The number of hydrogen-bond acceptors (Lipinski definition) is 7. The molecule has 43 heavy (non-hydrogen) atoms. The lowest BCUT2D eigenvalue weighted by molar-refractivity contribution is -0.143. The Kier molecular flexibility index (Phi) is 9.63. The van der Waals surface area contributed by atoms with Crippen LogP contribution in [-0.2, 0) is 37.4 Å². The number of hydrogen-bond donors (Lipinski definition) is 0. The van der Waals surface area contributed by atoms with Crippen LogP contribution in [0.15, 0.2) is 65.8 Å². The number of ether oxygens (including phenoxy) is 2. The number of aryl methyl sites for hydroxylation is 1. The fraction of sp³-hybridized carbons (Fsp3) is 0.389. The third-order valence-electron chi connectivity index (χ3n) is 8.77.